The summed E-state index contributed by atoms with van der Waals surface area (Å²) in [5.41, 5.74) is 0.432. The van der Waals surface area contributed by atoms with Gasteiger partial charge in [-0.05, 0) is 38.1 Å². The minimum Gasteiger partial charge on any atom is -0.481 e. The van der Waals surface area contributed by atoms with E-state index in [-0.39, 0.29) is 12.5 Å². The van der Waals surface area contributed by atoms with E-state index in [2.05, 4.69) is 25.7 Å². The molecule has 3 nitrogen and oxygen atoms in total. The molecule has 16 heavy (non-hydrogen) atoms. The van der Waals surface area contributed by atoms with Gasteiger partial charge in [-0.2, -0.15) is 0 Å². The molecule has 0 aromatic heterocycles. The first-order chi connectivity index (χ1) is 7.35. The van der Waals surface area contributed by atoms with Crippen molar-refractivity contribution in [1.82, 2.24) is 4.90 Å². The van der Waals surface area contributed by atoms with E-state index >= 15 is 0 Å². The second-order valence-electron chi connectivity index (χ2n) is 5.84. The van der Waals surface area contributed by atoms with Gasteiger partial charge < -0.3 is 5.11 Å². The summed E-state index contributed by atoms with van der Waals surface area (Å²) < 4.78 is 0. The quantitative estimate of drug-likeness (QED) is 0.785. The molecular weight excluding hydrogens is 202 g/mol. The number of carboxylic acid groups (broad SMARTS) is 1. The molecule has 2 atom stereocenters. The molecule has 94 valence electrons. The SMILES string of the molecule is CCN(C(C)CC(=O)O)C1CCC(C)(C)C1. The van der Waals surface area contributed by atoms with Crippen LogP contribution in [-0.4, -0.2) is 34.6 Å². The highest BCUT2D eigenvalue weighted by molar-refractivity contribution is 5.67. The van der Waals surface area contributed by atoms with Crippen molar-refractivity contribution in [3.05, 3.63) is 0 Å². The zero-order chi connectivity index (χ0) is 12.3. The average molecular weight is 227 g/mol. The van der Waals surface area contributed by atoms with Crippen LogP contribution in [0.25, 0.3) is 0 Å². The molecule has 0 radical (unpaired) electrons. The van der Waals surface area contributed by atoms with E-state index in [9.17, 15) is 4.79 Å². The first-order valence-electron chi connectivity index (χ1n) is 6.33. The Bertz CT molecular complexity index is 250. The molecule has 1 fully saturated rings. The Morgan fingerprint density at radius 1 is 1.56 bits per heavy atom. The van der Waals surface area contributed by atoms with Crippen LogP contribution in [0.3, 0.4) is 0 Å². The molecule has 0 aliphatic heterocycles. The van der Waals surface area contributed by atoms with E-state index < -0.39 is 5.97 Å². The zero-order valence-corrected chi connectivity index (χ0v) is 11.0. The normalized spacial score (nSPS) is 25.9. The van der Waals surface area contributed by atoms with Gasteiger partial charge in [0.15, 0.2) is 0 Å². The van der Waals surface area contributed by atoms with Gasteiger partial charge in [0.1, 0.15) is 0 Å². The molecule has 1 N–H and O–H groups in total. The number of hydrogen-bond donors (Lipinski definition) is 1. The standard InChI is InChI=1S/C13H25NO2/c1-5-14(10(2)8-12(15)16)11-6-7-13(3,4)9-11/h10-11H,5-9H2,1-4H3,(H,15,16). The van der Waals surface area contributed by atoms with Crippen LogP contribution in [0.1, 0.15) is 53.4 Å². The third-order valence-electron chi connectivity index (χ3n) is 3.81. The van der Waals surface area contributed by atoms with E-state index in [1.165, 1.54) is 19.3 Å². The molecular formula is C13H25NO2. The fourth-order valence-electron chi connectivity index (χ4n) is 2.98. The second kappa shape index (κ2) is 5.17. The van der Waals surface area contributed by atoms with Gasteiger partial charge in [0.25, 0.3) is 0 Å². The molecule has 0 heterocycles. The number of carbonyl (C=O) groups is 1. The Balaban J connectivity index is 2.57. The number of nitrogens with zero attached hydrogens (tertiary/aromatic N) is 1. The van der Waals surface area contributed by atoms with E-state index in [4.69, 9.17) is 5.11 Å². The summed E-state index contributed by atoms with van der Waals surface area (Å²) in [4.78, 5) is 13.1. The van der Waals surface area contributed by atoms with E-state index in [1.807, 2.05) is 6.92 Å². The Morgan fingerprint density at radius 2 is 2.19 bits per heavy atom. The molecule has 1 aliphatic carbocycles. The van der Waals surface area contributed by atoms with E-state index in [1.54, 1.807) is 0 Å². The van der Waals surface area contributed by atoms with E-state index in [0.29, 0.717) is 11.5 Å². The monoisotopic (exact) mass is 227 g/mol. The maximum Gasteiger partial charge on any atom is 0.304 e. The molecule has 0 spiro atoms. The van der Waals surface area contributed by atoms with Gasteiger partial charge in [-0.25, -0.2) is 0 Å². The Morgan fingerprint density at radius 3 is 2.56 bits per heavy atom. The van der Waals surface area contributed by atoms with Gasteiger partial charge in [-0.15, -0.1) is 0 Å². The minimum absolute atomic E-state index is 0.154. The predicted molar refractivity (Wildman–Crippen MR) is 65.5 cm³/mol. The zero-order valence-electron chi connectivity index (χ0n) is 11.0. The number of hydrogen-bond acceptors (Lipinski definition) is 2. The smallest absolute Gasteiger partial charge is 0.304 e. The van der Waals surface area contributed by atoms with Crippen LogP contribution >= 0.6 is 0 Å². The van der Waals surface area contributed by atoms with Crippen molar-refractivity contribution in [1.29, 1.82) is 0 Å². The maximum absolute atomic E-state index is 10.7. The molecule has 0 saturated heterocycles. The van der Waals surface area contributed by atoms with Gasteiger partial charge in [0, 0.05) is 12.1 Å². The molecule has 3 heteroatoms. The highest BCUT2D eigenvalue weighted by Gasteiger charge is 2.35. The highest BCUT2D eigenvalue weighted by atomic mass is 16.4. The van der Waals surface area contributed by atoms with Crippen molar-refractivity contribution in [2.24, 2.45) is 5.41 Å². The lowest BCUT2D eigenvalue weighted by Gasteiger charge is -2.33. The molecule has 1 rings (SSSR count). The van der Waals surface area contributed by atoms with Crippen molar-refractivity contribution in [2.75, 3.05) is 6.54 Å². The lowest BCUT2D eigenvalue weighted by atomic mass is 9.91. The molecule has 1 saturated carbocycles. The fraction of sp³-hybridized carbons (Fsp3) is 0.923. The van der Waals surface area contributed by atoms with E-state index in [0.717, 1.165) is 6.54 Å². The number of aliphatic carboxylic acids is 1. The van der Waals surface area contributed by atoms with Crippen molar-refractivity contribution in [3.63, 3.8) is 0 Å². The first-order valence-corrected chi connectivity index (χ1v) is 6.33. The van der Waals surface area contributed by atoms with Crippen LogP contribution < -0.4 is 0 Å². The molecule has 0 aromatic carbocycles. The van der Waals surface area contributed by atoms with Crippen molar-refractivity contribution < 1.29 is 9.90 Å². The van der Waals surface area contributed by atoms with Crippen molar-refractivity contribution in [2.45, 2.75) is 65.5 Å². The van der Waals surface area contributed by atoms with Gasteiger partial charge in [-0.1, -0.05) is 20.8 Å². The minimum atomic E-state index is -0.691. The lowest BCUT2D eigenvalue weighted by molar-refractivity contribution is -0.138. The van der Waals surface area contributed by atoms with Crippen molar-refractivity contribution in [3.8, 4) is 0 Å². The largest absolute Gasteiger partial charge is 0.481 e. The Kier molecular flexibility index (Phi) is 4.36. The summed E-state index contributed by atoms with van der Waals surface area (Å²) in [6, 6.07) is 0.732. The van der Waals surface area contributed by atoms with Crippen molar-refractivity contribution >= 4 is 5.97 Å². The van der Waals surface area contributed by atoms with Gasteiger partial charge in [-0.3, -0.25) is 9.69 Å². The summed E-state index contributed by atoms with van der Waals surface area (Å²) in [6.07, 6.45) is 3.92. The summed E-state index contributed by atoms with van der Waals surface area (Å²) in [7, 11) is 0. The summed E-state index contributed by atoms with van der Waals surface area (Å²) in [5, 5.41) is 8.85. The summed E-state index contributed by atoms with van der Waals surface area (Å²) in [6.45, 7) is 9.73. The topological polar surface area (TPSA) is 40.5 Å². The molecule has 0 amide bonds. The van der Waals surface area contributed by atoms with Crippen LogP contribution in [0, 0.1) is 5.41 Å². The number of carboxylic acids is 1. The maximum atomic E-state index is 10.7. The van der Waals surface area contributed by atoms with Gasteiger partial charge in [0.2, 0.25) is 0 Å². The third-order valence-corrected chi connectivity index (χ3v) is 3.81. The first kappa shape index (κ1) is 13.5. The summed E-state index contributed by atoms with van der Waals surface area (Å²) in [5.74, 6) is -0.691. The highest BCUT2D eigenvalue weighted by Crippen LogP contribution is 2.39. The third kappa shape index (κ3) is 3.48. The van der Waals surface area contributed by atoms with Gasteiger partial charge in [0.05, 0.1) is 6.42 Å². The van der Waals surface area contributed by atoms with Gasteiger partial charge >= 0.3 is 5.97 Å². The predicted octanol–water partition coefficient (Wildman–Crippen LogP) is 2.75. The van der Waals surface area contributed by atoms with Crippen LogP contribution in [0.15, 0.2) is 0 Å². The molecule has 2 unspecified atom stereocenters. The molecule has 0 bridgehead atoms. The fourth-order valence-corrected chi connectivity index (χ4v) is 2.98. The van der Waals surface area contributed by atoms with Crippen LogP contribution in [0.2, 0.25) is 0 Å². The van der Waals surface area contributed by atoms with Crippen LogP contribution in [-0.2, 0) is 4.79 Å². The van der Waals surface area contributed by atoms with Crippen LogP contribution in [0.5, 0.6) is 0 Å². The average Bonchev–Trinajstić information content (AvgIpc) is 2.46. The summed E-state index contributed by atoms with van der Waals surface area (Å²) >= 11 is 0. The number of rotatable bonds is 5. The lowest BCUT2D eigenvalue weighted by Crippen LogP contribution is -2.41. The second-order valence-corrected chi connectivity index (χ2v) is 5.84. The molecule has 0 aromatic rings. The Hall–Kier alpha value is -0.570. The van der Waals surface area contributed by atoms with Crippen LogP contribution in [0.4, 0.5) is 0 Å². The Labute approximate surface area is 98.8 Å². The molecule has 1 aliphatic rings.